The van der Waals surface area contributed by atoms with Crippen LogP contribution in [0, 0.1) is 11.3 Å². The van der Waals surface area contributed by atoms with Gasteiger partial charge in [-0.25, -0.2) is 9.59 Å². The van der Waals surface area contributed by atoms with Gasteiger partial charge in [0, 0.05) is 30.5 Å². The minimum absolute atomic E-state index is 0.112. The van der Waals surface area contributed by atoms with Crippen LogP contribution in [0.2, 0.25) is 0 Å². The standard InChI is InChI=1S/C33H51N3O6/c1-14-32(8,9)25(28(38)35(12)24(21(2)3)20-22(4)29(39)40)34-27(37)26(36(13)30(41)42-31(5,6)7)33(10,11)23-18-16-15-17-19-23/h14-21,24-26H,1H2,2-13H3,(H,34,37)(H,39,40)/b22-20+/t24-,25-,26-/m1/s1. The van der Waals surface area contributed by atoms with Crippen LogP contribution in [0.1, 0.15) is 74.8 Å². The number of carbonyl (C=O) groups excluding carboxylic acids is 3. The molecular formula is C33H51N3O6. The first kappa shape index (κ1) is 36.4. The molecule has 3 amide bonds. The fraction of sp³-hybridized carbons (Fsp3) is 0.576. The first-order valence-corrected chi connectivity index (χ1v) is 14.2. The van der Waals surface area contributed by atoms with E-state index in [9.17, 15) is 24.3 Å². The molecule has 1 aromatic carbocycles. The van der Waals surface area contributed by atoms with Crippen molar-refractivity contribution in [2.45, 2.75) is 98.4 Å². The Kier molecular flexibility index (Phi) is 12.2. The maximum Gasteiger partial charge on any atom is 0.410 e. The number of carbonyl (C=O) groups is 4. The zero-order chi connectivity index (χ0) is 32.8. The van der Waals surface area contributed by atoms with Crippen LogP contribution >= 0.6 is 0 Å². The van der Waals surface area contributed by atoms with Crippen molar-refractivity contribution in [3.05, 3.63) is 60.2 Å². The zero-order valence-electron chi connectivity index (χ0n) is 27.4. The second-order valence-electron chi connectivity index (χ2n) is 13.4. The molecule has 9 heteroatoms. The number of amides is 3. The van der Waals surface area contributed by atoms with Gasteiger partial charge in [-0.3, -0.25) is 14.5 Å². The molecule has 0 aliphatic carbocycles. The molecule has 0 saturated heterocycles. The van der Waals surface area contributed by atoms with E-state index in [1.54, 1.807) is 53.8 Å². The van der Waals surface area contributed by atoms with Crippen molar-refractivity contribution in [2.24, 2.45) is 11.3 Å². The Hall–Kier alpha value is -3.62. The third kappa shape index (κ3) is 9.19. The number of rotatable bonds is 12. The van der Waals surface area contributed by atoms with Crippen molar-refractivity contribution in [3.63, 3.8) is 0 Å². The number of likely N-dealkylation sites (N-methyl/N-ethyl adjacent to an activating group) is 2. The Labute approximate surface area is 252 Å². The number of ether oxygens (including phenoxy) is 1. The molecule has 0 aromatic heterocycles. The summed E-state index contributed by atoms with van der Waals surface area (Å²) in [4.78, 5) is 55.9. The van der Waals surface area contributed by atoms with Crippen LogP contribution in [-0.2, 0) is 24.5 Å². The Bertz CT molecular complexity index is 1160. The zero-order valence-corrected chi connectivity index (χ0v) is 27.4. The Balaban J connectivity index is 3.67. The third-order valence-electron chi connectivity index (χ3n) is 7.56. The summed E-state index contributed by atoms with van der Waals surface area (Å²) in [5.74, 6) is -2.15. The summed E-state index contributed by atoms with van der Waals surface area (Å²) in [5.41, 5.74) is -1.65. The number of hydrogen-bond acceptors (Lipinski definition) is 5. The van der Waals surface area contributed by atoms with E-state index in [-0.39, 0.29) is 11.5 Å². The highest BCUT2D eigenvalue weighted by Crippen LogP contribution is 2.32. The van der Waals surface area contributed by atoms with Crippen LogP contribution < -0.4 is 5.32 Å². The molecule has 0 unspecified atom stereocenters. The van der Waals surface area contributed by atoms with Gasteiger partial charge in [0.1, 0.15) is 17.7 Å². The van der Waals surface area contributed by atoms with Crippen molar-refractivity contribution in [2.75, 3.05) is 14.1 Å². The average molecular weight is 586 g/mol. The minimum Gasteiger partial charge on any atom is -0.478 e. The third-order valence-corrected chi connectivity index (χ3v) is 7.56. The van der Waals surface area contributed by atoms with E-state index in [4.69, 9.17) is 4.74 Å². The first-order chi connectivity index (χ1) is 19.1. The lowest BCUT2D eigenvalue weighted by atomic mass is 9.76. The van der Waals surface area contributed by atoms with Crippen molar-refractivity contribution in [3.8, 4) is 0 Å². The van der Waals surface area contributed by atoms with Crippen LogP contribution in [-0.4, -0.2) is 76.6 Å². The van der Waals surface area contributed by atoms with Crippen LogP contribution in [0.25, 0.3) is 0 Å². The van der Waals surface area contributed by atoms with Gasteiger partial charge < -0.3 is 20.1 Å². The number of benzene rings is 1. The van der Waals surface area contributed by atoms with Crippen molar-refractivity contribution in [1.29, 1.82) is 0 Å². The van der Waals surface area contributed by atoms with Crippen molar-refractivity contribution >= 4 is 23.9 Å². The Morgan fingerprint density at radius 2 is 1.48 bits per heavy atom. The van der Waals surface area contributed by atoms with Gasteiger partial charge >= 0.3 is 12.1 Å². The van der Waals surface area contributed by atoms with Gasteiger partial charge in [-0.15, -0.1) is 6.58 Å². The van der Waals surface area contributed by atoms with E-state index < -0.39 is 58.4 Å². The predicted octanol–water partition coefficient (Wildman–Crippen LogP) is 5.41. The summed E-state index contributed by atoms with van der Waals surface area (Å²) in [6.07, 6.45) is 2.47. The van der Waals surface area contributed by atoms with Crippen LogP contribution in [0.15, 0.2) is 54.6 Å². The van der Waals surface area contributed by atoms with Gasteiger partial charge in [-0.2, -0.15) is 0 Å². The molecular weight excluding hydrogens is 534 g/mol. The lowest BCUT2D eigenvalue weighted by Gasteiger charge is -2.42. The van der Waals surface area contributed by atoms with E-state index in [1.165, 1.54) is 23.8 Å². The van der Waals surface area contributed by atoms with Gasteiger partial charge in [0.25, 0.3) is 0 Å². The number of nitrogens with zero attached hydrogens (tertiary/aromatic N) is 2. The largest absolute Gasteiger partial charge is 0.478 e. The second kappa shape index (κ2) is 14.0. The highest BCUT2D eigenvalue weighted by molar-refractivity contribution is 5.93. The topological polar surface area (TPSA) is 116 Å². The first-order valence-electron chi connectivity index (χ1n) is 14.2. The molecule has 42 heavy (non-hydrogen) atoms. The van der Waals surface area contributed by atoms with Crippen LogP contribution in [0.5, 0.6) is 0 Å². The number of aliphatic carboxylic acids is 1. The summed E-state index contributed by atoms with van der Waals surface area (Å²) in [6, 6.07) is 6.68. The molecule has 0 aliphatic heterocycles. The molecule has 234 valence electrons. The predicted molar refractivity (Wildman–Crippen MR) is 166 cm³/mol. The molecule has 2 N–H and O–H groups in total. The fourth-order valence-corrected chi connectivity index (χ4v) is 4.79. The highest BCUT2D eigenvalue weighted by Gasteiger charge is 2.46. The van der Waals surface area contributed by atoms with Crippen molar-refractivity contribution < 1.29 is 29.0 Å². The smallest absolute Gasteiger partial charge is 0.410 e. The number of nitrogens with one attached hydrogen (secondary N) is 1. The monoisotopic (exact) mass is 585 g/mol. The molecule has 0 aliphatic rings. The van der Waals surface area contributed by atoms with Gasteiger partial charge in [-0.05, 0) is 39.2 Å². The summed E-state index contributed by atoms with van der Waals surface area (Å²) < 4.78 is 5.62. The van der Waals surface area contributed by atoms with Gasteiger partial charge in [0.05, 0.1) is 6.04 Å². The molecule has 1 aromatic rings. The fourth-order valence-electron chi connectivity index (χ4n) is 4.79. The number of carboxylic acids is 1. The van der Waals surface area contributed by atoms with E-state index >= 15 is 0 Å². The molecule has 0 bridgehead atoms. The summed E-state index contributed by atoms with van der Waals surface area (Å²) in [5, 5.41) is 12.4. The average Bonchev–Trinajstić information content (AvgIpc) is 2.88. The van der Waals surface area contributed by atoms with Gasteiger partial charge in [0.15, 0.2) is 0 Å². The number of hydrogen-bond donors (Lipinski definition) is 2. The summed E-state index contributed by atoms with van der Waals surface area (Å²) >= 11 is 0. The lowest BCUT2D eigenvalue weighted by molar-refractivity contribution is -0.141. The van der Waals surface area contributed by atoms with Crippen LogP contribution in [0.4, 0.5) is 4.79 Å². The van der Waals surface area contributed by atoms with Crippen LogP contribution in [0.3, 0.4) is 0 Å². The van der Waals surface area contributed by atoms with Gasteiger partial charge in [-0.1, -0.05) is 84.0 Å². The van der Waals surface area contributed by atoms with E-state index in [2.05, 4.69) is 11.9 Å². The van der Waals surface area contributed by atoms with E-state index in [0.29, 0.717) is 0 Å². The highest BCUT2D eigenvalue weighted by atomic mass is 16.6. The Morgan fingerprint density at radius 3 is 1.90 bits per heavy atom. The summed E-state index contributed by atoms with van der Waals surface area (Å²) in [7, 11) is 3.11. The molecule has 0 spiro atoms. The molecule has 1 rings (SSSR count). The second-order valence-corrected chi connectivity index (χ2v) is 13.4. The number of carboxylic acid groups (broad SMARTS) is 1. The normalized spacial score (nSPS) is 14.8. The van der Waals surface area contributed by atoms with Crippen molar-refractivity contribution in [1.82, 2.24) is 15.1 Å². The van der Waals surface area contributed by atoms with E-state index in [1.807, 2.05) is 58.0 Å². The molecule has 3 atom stereocenters. The molecule has 9 nitrogen and oxygen atoms in total. The Morgan fingerprint density at radius 1 is 0.952 bits per heavy atom. The maximum atomic E-state index is 14.3. The molecule has 0 radical (unpaired) electrons. The minimum atomic E-state index is -1.08. The van der Waals surface area contributed by atoms with E-state index in [0.717, 1.165) is 5.56 Å². The molecule has 0 fully saturated rings. The van der Waals surface area contributed by atoms with Gasteiger partial charge in [0.2, 0.25) is 11.8 Å². The molecule has 0 heterocycles. The summed E-state index contributed by atoms with van der Waals surface area (Å²) in [6.45, 7) is 21.7. The maximum absolute atomic E-state index is 14.3. The molecule has 0 saturated carbocycles. The quantitative estimate of drug-likeness (QED) is 0.250. The lowest BCUT2D eigenvalue weighted by Crippen LogP contribution is -2.63. The SMILES string of the molecule is C=CC(C)(C)[C@H](NC(=O)[C@@H](N(C)C(=O)OC(C)(C)C)C(C)(C)c1ccccc1)C(=O)N(C)[C@H](/C=C(\C)C(=O)O)C(C)C.